The molecule has 0 N–H and O–H groups in total. The van der Waals surface area contributed by atoms with E-state index < -0.39 is 0 Å². The summed E-state index contributed by atoms with van der Waals surface area (Å²) < 4.78 is 0. The Hall–Kier alpha value is 0.753. The molecular formula is C16H18Co2-. The maximum atomic E-state index is 3.47. The van der Waals surface area contributed by atoms with Crippen LogP contribution in [0.25, 0.3) is 0 Å². The molecule has 2 fully saturated rings. The summed E-state index contributed by atoms with van der Waals surface area (Å²) in [5, 5.41) is 0. The van der Waals surface area contributed by atoms with Crippen molar-refractivity contribution in [2.24, 2.45) is 0 Å². The van der Waals surface area contributed by atoms with E-state index in [1.807, 2.05) is 84.0 Å². The Morgan fingerprint density at radius 1 is 0.722 bits per heavy atom. The predicted molar refractivity (Wildman–Crippen MR) is 70.7 cm³/mol. The van der Waals surface area contributed by atoms with Crippen molar-refractivity contribution >= 4 is 0 Å². The van der Waals surface area contributed by atoms with E-state index in [1.165, 1.54) is 0 Å². The van der Waals surface area contributed by atoms with Gasteiger partial charge in [-0.25, -0.2) is 13.3 Å². The summed E-state index contributed by atoms with van der Waals surface area (Å²) in [6, 6.07) is 0. The molecule has 0 heterocycles. The van der Waals surface area contributed by atoms with Crippen molar-refractivity contribution in [1.82, 2.24) is 0 Å². The second-order valence-electron chi connectivity index (χ2n) is 2.81. The molecule has 2 heteroatoms. The second kappa shape index (κ2) is 22.9. The van der Waals surface area contributed by atoms with Crippen molar-refractivity contribution in [1.29, 1.82) is 0 Å². The molecule has 101 valence electrons. The van der Waals surface area contributed by atoms with Crippen LogP contribution in [0.3, 0.4) is 0 Å². The maximum absolute atomic E-state index is 3.47. The van der Waals surface area contributed by atoms with Gasteiger partial charge in [0.1, 0.15) is 0 Å². The third-order valence-electron chi connectivity index (χ3n) is 1.51. The molecule has 2 rings (SSSR count). The first kappa shape index (κ1) is 23.8. The van der Waals surface area contributed by atoms with E-state index in [1.54, 1.807) is 6.08 Å². The largest absolute Gasteiger partial charge is 0.478 e. The second-order valence-corrected chi connectivity index (χ2v) is 2.81. The molecule has 0 aromatic heterocycles. The fourth-order valence-corrected chi connectivity index (χ4v) is 0.806. The molecule has 0 aromatic rings. The quantitative estimate of drug-likeness (QED) is 0.547. The number of hydrogen-bond donors (Lipinski definition) is 0. The maximum Gasteiger partial charge on any atom is 0 e. The van der Waals surface area contributed by atoms with E-state index in [-0.39, 0.29) is 33.6 Å². The van der Waals surface area contributed by atoms with Gasteiger partial charge >= 0.3 is 0 Å². The van der Waals surface area contributed by atoms with Crippen LogP contribution in [0.2, 0.25) is 0 Å². The molecule has 0 saturated heterocycles. The number of hydrogen-bond acceptors (Lipinski definition) is 0. The summed E-state index contributed by atoms with van der Waals surface area (Å²) in [7, 11) is 0. The average molecular weight is 328 g/mol. The van der Waals surface area contributed by atoms with E-state index in [0.717, 1.165) is 0 Å². The topological polar surface area (TPSA) is 0 Å². The van der Waals surface area contributed by atoms with E-state index in [0.29, 0.717) is 0 Å². The molecule has 0 aliphatic heterocycles. The van der Waals surface area contributed by atoms with Crippen LogP contribution < -0.4 is 0 Å². The van der Waals surface area contributed by atoms with Crippen LogP contribution in [-0.4, -0.2) is 0 Å². The zero-order chi connectivity index (χ0) is 11.9. The first-order valence-corrected chi connectivity index (χ1v) is 5.20. The van der Waals surface area contributed by atoms with Gasteiger partial charge < -0.3 is 6.42 Å². The Morgan fingerprint density at radius 3 is 1.11 bits per heavy atom. The molecule has 15 radical (unpaired) electrons. The van der Waals surface area contributed by atoms with E-state index >= 15 is 0 Å². The van der Waals surface area contributed by atoms with Crippen molar-refractivity contribution in [3.8, 4) is 0 Å². The molecule has 0 spiro atoms. The molecule has 0 unspecified atom stereocenters. The monoisotopic (exact) mass is 328 g/mol. The van der Waals surface area contributed by atoms with Gasteiger partial charge in [-0.15, -0.1) is 6.58 Å². The number of unbranched alkanes of at least 4 members (excludes halogenated alkanes) is 2. The molecule has 0 aromatic carbocycles. The fraction of sp³-hybridized carbons (Fsp3) is 0.0625. The molecule has 2 saturated carbocycles. The third-order valence-corrected chi connectivity index (χ3v) is 1.51. The normalized spacial score (nSPS) is 16.1. The molecule has 0 amide bonds. The molecule has 0 nitrogen and oxygen atoms in total. The first-order valence-electron chi connectivity index (χ1n) is 5.20. The Morgan fingerprint density at radius 2 is 1.00 bits per heavy atom. The Balaban J connectivity index is -0.000000178. The zero-order valence-electron chi connectivity index (χ0n) is 10.4. The average Bonchev–Trinajstić information content (AvgIpc) is 3.00. The summed E-state index contributed by atoms with van der Waals surface area (Å²) in [4.78, 5) is 0. The van der Waals surface area contributed by atoms with Gasteiger partial charge in [0.2, 0.25) is 0 Å². The van der Waals surface area contributed by atoms with Crippen molar-refractivity contribution in [2.45, 2.75) is 6.92 Å². The number of allylic oxidation sites excluding steroid dienone is 1. The summed E-state index contributed by atoms with van der Waals surface area (Å²) >= 11 is 0. The van der Waals surface area contributed by atoms with Gasteiger partial charge in [0.25, 0.3) is 0 Å². The van der Waals surface area contributed by atoms with Crippen molar-refractivity contribution in [3.63, 3.8) is 0 Å². The van der Waals surface area contributed by atoms with Crippen molar-refractivity contribution in [2.75, 3.05) is 0 Å². The minimum atomic E-state index is 0. The van der Waals surface area contributed by atoms with E-state index in [4.69, 9.17) is 0 Å². The van der Waals surface area contributed by atoms with Gasteiger partial charge in [-0.05, 0) is 70.6 Å². The van der Waals surface area contributed by atoms with Gasteiger partial charge in [0.15, 0.2) is 0 Å². The van der Waals surface area contributed by atoms with E-state index in [9.17, 15) is 0 Å². The summed E-state index contributed by atoms with van der Waals surface area (Å²) in [5.74, 6) is 0. The molecule has 2 aliphatic carbocycles. The molecular weight excluding hydrogens is 310 g/mol. The Kier molecular flexibility index (Phi) is 30.3. The smallest absolute Gasteiger partial charge is 0 e. The zero-order valence-corrected chi connectivity index (χ0v) is 12.5. The van der Waals surface area contributed by atoms with Gasteiger partial charge in [-0.2, -0.15) is 0 Å². The molecule has 0 bridgehead atoms. The van der Waals surface area contributed by atoms with Crippen LogP contribution >= 0.6 is 0 Å². The summed E-state index contributed by atoms with van der Waals surface area (Å²) in [6.45, 7) is 5.32. The van der Waals surface area contributed by atoms with Gasteiger partial charge in [0.05, 0.1) is 0 Å². The van der Waals surface area contributed by atoms with Crippen LogP contribution in [0.5, 0.6) is 0 Å². The van der Waals surface area contributed by atoms with Crippen molar-refractivity contribution in [3.05, 3.63) is 96.1 Å². The van der Waals surface area contributed by atoms with Crippen LogP contribution in [-0.2, 0) is 33.6 Å². The number of rotatable bonds is 3. The SMILES string of the molecule is C=C[CH][CH][C-]C.[CH]1[CH][CH][CH][CH]1.[CH]1[CH][CH][CH][CH]1.[Co].[Co]. The first-order chi connectivity index (χ1) is 7.91. The molecule has 0 atom stereocenters. The minimum Gasteiger partial charge on any atom is -0.478 e. The Bertz CT molecular complexity index is 102. The fourth-order valence-electron chi connectivity index (χ4n) is 0.806. The summed E-state index contributed by atoms with van der Waals surface area (Å²) in [5.41, 5.74) is 0. The van der Waals surface area contributed by atoms with Crippen LogP contribution in [0, 0.1) is 83.5 Å². The van der Waals surface area contributed by atoms with Crippen LogP contribution in [0.4, 0.5) is 0 Å². The molecule has 18 heavy (non-hydrogen) atoms. The summed E-state index contributed by atoms with van der Waals surface area (Å²) in [6.07, 6.45) is 28.2. The van der Waals surface area contributed by atoms with Crippen LogP contribution in [0.15, 0.2) is 12.7 Å². The standard InChI is InChI=1S/C6H8.2C5H5.2Co/c1-3-5-6-4-2;2*1-2-4-5-3-1;;/h3,5-6H,1H2,2H3;2*1-5H;;/q-1;;;;. The van der Waals surface area contributed by atoms with Gasteiger partial charge in [-0.1, -0.05) is 6.08 Å². The van der Waals surface area contributed by atoms with Gasteiger partial charge in [0, 0.05) is 33.6 Å². The third kappa shape index (κ3) is 22.0. The molecule has 2 aliphatic rings. The predicted octanol–water partition coefficient (Wildman–Crippen LogP) is 3.72. The van der Waals surface area contributed by atoms with Crippen molar-refractivity contribution < 1.29 is 33.6 Å². The van der Waals surface area contributed by atoms with Gasteiger partial charge in [-0.3, -0.25) is 0 Å². The van der Waals surface area contributed by atoms with Crippen LogP contribution in [0.1, 0.15) is 6.92 Å². The minimum absolute atomic E-state index is 0. The Labute approximate surface area is 136 Å². The van der Waals surface area contributed by atoms with E-state index in [2.05, 4.69) is 13.0 Å².